The summed E-state index contributed by atoms with van der Waals surface area (Å²) in [6.07, 6.45) is 1.50. The number of benzene rings is 2. The summed E-state index contributed by atoms with van der Waals surface area (Å²) < 4.78 is 1.57. The van der Waals surface area contributed by atoms with Gasteiger partial charge in [-0.15, -0.1) is 0 Å². The second-order valence-electron chi connectivity index (χ2n) is 7.85. The summed E-state index contributed by atoms with van der Waals surface area (Å²) in [6, 6.07) is 16.5. The molecule has 4 N–H and O–H groups in total. The van der Waals surface area contributed by atoms with E-state index in [2.05, 4.69) is 10.3 Å². The van der Waals surface area contributed by atoms with Crippen LogP contribution in [0.2, 0.25) is 0 Å². The van der Waals surface area contributed by atoms with Gasteiger partial charge in [0.1, 0.15) is 5.84 Å². The number of amides is 1. The molecule has 0 atom stereocenters. The minimum atomic E-state index is -0.256. The van der Waals surface area contributed by atoms with Gasteiger partial charge in [-0.05, 0) is 11.5 Å². The van der Waals surface area contributed by atoms with E-state index in [0.717, 1.165) is 11.1 Å². The standard InChI is InChI=1S/C24H27N5O2/c1-16(2)14-29-15-28-22(18-6-4-3-5-7-18)20(24(29)31)12-21(30)27-13-17-8-10-19(11-9-17)23(25)26/h3-11,15-16H,12-14H2,1-2H3,(H3,25,26)(H,27,30). The number of rotatable bonds is 8. The Kier molecular flexibility index (Phi) is 6.97. The third-order valence-corrected chi connectivity index (χ3v) is 4.83. The van der Waals surface area contributed by atoms with Crippen LogP contribution in [-0.4, -0.2) is 21.3 Å². The van der Waals surface area contributed by atoms with E-state index in [4.69, 9.17) is 11.1 Å². The molecule has 3 rings (SSSR count). The average molecular weight is 418 g/mol. The third-order valence-electron chi connectivity index (χ3n) is 4.83. The summed E-state index contributed by atoms with van der Waals surface area (Å²) in [5, 5.41) is 10.3. The fourth-order valence-corrected chi connectivity index (χ4v) is 3.29. The zero-order chi connectivity index (χ0) is 22.4. The van der Waals surface area contributed by atoms with Crippen LogP contribution in [0.15, 0.2) is 65.7 Å². The van der Waals surface area contributed by atoms with E-state index in [1.807, 2.05) is 56.3 Å². The van der Waals surface area contributed by atoms with Crippen LogP contribution in [0, 0.1) is 11.3 Å². The molecule has 0 saturated carbocycles. The van der Waals surface area contributed by atoms with Gasteiger partial charge < -0.3 is 11.1 Å². The molecule has 0 unspecified atom stereocenters. The van der Waals surface area contributed by atoms with Crippen LogP contribution in [0.4, 0.5) is 0 Å². The Morgan fingerprint density at radius 2 is 1.81 bits per heavy atom. The summed E-state index contributed by atoms with van der Waals surface area (Å²) in [5.41, 5.74) is 8.51. The van der Waals surface area contributed by atoms with Gasteiger partial charge in [0.15, 0.2) is 0 Å². The maximum absolute atomic E-state index is 13.1. The molecule has 7 heteroatoms. The van der Waals surface area contributed by atoms with Gasteiger partial charge in [0.2, 0.25) is 5.91 Å². The van der Waals surface area contributed by atoms with Crippen LogP contribution in [0.25, 0.3) is 11.3 Å². The van der Waals surface area contributed by atoms with Crippen molar-refractivity contribution in [3.05, 3.63) is 88.0 Å². The maximum atomic E-state index is 13.1. The minimum absolute atomic E-state index is 0.00159. The first kappa shape index (κ1) is 22.0. The summed E-state index contributed by atoms with van der Waals surface area (Å²) in [5.74, 6) is 0.0222. The first-order valence-corrected chi connectivity index (χ1v) is 10.2. The molecular weight excluding hydrogens is 390 g/mol. The Morgan fingerprint density at radius 3 is 2.42 bits per heavy atom. The van der Waals surface area contributed by atoms with Gasteiger partial charge in [-0.2, -0.15) is 0 Å². The molecule has 0 fully saturated rings. The Balaban J connectivity index is 1.81. The van der Waals surface area contributed by atoms with E-state index in [0.29, 0.717) is 29.9 Å². The molecular formula is C24H27N5O2. The first-order valence-electron chi connectivity index (χ1n) is 10.2. The Bertz CT molecular complexity index is 1120. The quantitative estimate of drug-likeness (QED) is 0.386. The number of amidine groups is 1. The topological polar surface area (TPSA) is 114 Å². The Hall–Kier alpha value is -3.74. The summed E-state index contributed by atoms with van der Waals surface area (Å²) in [6.45, 7) is 4.92. The lowest BCUT2D eigenvalue weighted by molar-refractivity contribution is -0.120. The SMILES string of the molecule is CC(C)Cn1cnc(-c2ccccc2)c(CC(=O)NCc2ccc(C(=N)N)cc2)c1=O. The molecule has 0 aliphatic carbocycles. The zero-order valence-corrected chi connectivity index (χ0v) is 17.8. The molecule has 3 aromatic rings. The smallest absolute Gasteiger partial charge is 0.257 e. The molecule has 0 aliphatic heterocycles. The number of nitrogens with two attached hydrogens (primary N) is 1. The van der Waals surface area contributed by atoms with Gasteiger partial charge in [0.05, 0.1) is 24.0 Å². The molecule has 0 saturated heterocycles. The van der Waals surface area contributed by atoms with E-state index in [1.165, 1.54) is 0 Å². The summed E-state index contributed by atoms with van der Waals surface area (Å²) in [7, 11) is 0. The van der Waals surface area contributed by atoms with Crippen LogP contribution >= 0.6 is 0 Å². The number of nitrogen functional groups attached to an aromatic ring is 1. The van der Waals surface area contributed by atoms with E-state index < -0.39 is 0 Å². The number of hydrogen-bond donors (Lipinski definition) is 3. The number of carbonyl (C=O) groups is 1. The largest absolute Gasteiger partial charge is 0.384 e. The molecule has 1 amide bonds. The Labute approximate surface area is 181 Å². The molecule has 0 aliphatic rings. The molecule has 0 spiro atoms. The van der Waals surface area contributed by atoms with E-state index in [-0.39, 0.29) is 29.6 Å². The van der Waals surface area contributed by atoms with Crippen LogP contribution in [0.3, 0.4) is 0 Å². The van der Waals surface area contributed by atoms with Crippen molar-refractivity contribution in [2.24, 2.45) is 11.7 Å². The van der Waals surface area contributed by atoms with Crippen molar-refractivity contribution in [1.29, 1.82) is 5.41 Å². The lowest BCUT2D eigenvalue weighted by Gasteiger charge is -2.14. The van der Waals surface area contributed by atoms with Crippen molar-refractivity contribution in [1.82, 2.24) is 14.9 Å². The van der Waals surface area contributed by atoms with Crippen LogP contribution in [0.5, 0.6) is 0 Å². The van der Waals surface area contributed by atoms with Gasteiger partial charge in [-0.3, -0.25) is 19.6 Å². The molecule has 160 valence electrons. The van der Waals surface area contributed by atoms with Gasteiger partial charge in [-0.25, -0.2) is 4.98 Å². The van der Waals surface area contributed by atoms with E-state index >= 15 is 0 Å². The monoisotopic (exact) mass is 417 g/mol. The number of aromatic nitrogens is 2. The van der Waals surface area contributed by atoms with Crippen molar-refractivity contribution < 1.29 is 4.79 Å². The van der Waals surface area contributed by atoms with Crippen LogP contribution < -0.4 is 16.6 Å². The zero-order valence-electron chi connectivity index (χ0n) is 17.8. The van der Waals surface area contributed by atoms with Crippen molar-refractivity contribution in [2.45, 2.75) is 33.4 Å². The molecule has 0 radical (unpaired) electrons. The number of nitrogens with one attached hydrogen (secondary N) is 2. The van der Waals surface area contributed by atoms with Gasteiger partial charge in [0, 0.05) is 24.2 Å². The highest BCUT2D eigenvalue weighted by Gasteiger charge is 2.17. The van der Waals surface area contributed by atoms with Gasteiger partial charge in [-0.1, -0.05) is 68.4 Å². The molecule has 31 heavy (non-hydrogen) atoms. The lowest BCUT2D eigenvalue weighted by Crippen LogP contribution is -2.32. The predicted octanol–water partition coefficient (Wildman–Crippen LogP) is 2.71. The molecule has 1 heterocycles. The van der Waals surface area contributed by atoms with Gasteiger partial charge >= 0.3 is 0 Å². The third kappa shape index (κ3) is 5.66. The van der Waals surface area contributed by atoms with Crippen molar-refractivity contribution in [3.8, 4) is 11.3 Å². The second kappa shape index (κ2) is 9.84. The number of nitrogens with zero attached hydrogens (tertiary/aromatic N) is 2. The molecule has 1 aromatic heterocycles. The van der Waals surface area contributed by atoms with Gasteiger partial charge in [0.25, 0.3) is 5.56 Å². The fraction of sp³-hybridized carbons (Fsp3) is 0.250. The second-order valence-corrected chi connectivity index (χ2v) is 7.85. The van der Waals surface area contributed by atoms with E-state index in [9.17, 15) is 9.59 Å². The fourth-order valence-electron chi connectivity index (χ4n) is 3.29. The highest BCUT2D eigenvalue weighted by atomic mass is 16.2. The number of hydrogen-bond acceptors (Lipinski definition) is 4. The van der Waals surface area contributed by atoms with Crippen LogP contribution in [0.1, 0.15) is 30.5 Å². The average Bonchev–Trinajstić information content (AvgIpc) is 2.76. The first-order chi connectivity index (χ1) is 14.8. The normalized spacial score (nSPS) is 10.8. The van der Waals surface area contributed by atoms with Crippen LogP contribution in [-0.2, 0) is 24.3 Å². The minimum Gasteiger partial charge on any atom is -0.384 e. The highest BCUT2D eigenvalue weighted by molar-refractivity contribution is 5.94. The number of carbonyl (C=O) groups excluding carboxylic acids is 1. The lowest BCUT2D eigenvalue weighted by atomic mass is 10.0. The summed E-state index contributed by atoms with van der Waals surface area (Å²) in [4.78, 5) is 30.3. The molecule has 2 aromatic carbocycles. The van der Waals surface area contributed by atoms with Crippen molar-refractivity contribution in [2.75, 3.05) is 0 Å². The highest BCUT2D eigenvalue weighted by Crippen LogP contribution is 2.19. The molecule has 0 bridgehead atoms. The van der Waals surface area contributed by atoms with Crippen molar-refractivity contribution in [3.63, 3.8) is 0 Å². The summed E-state index contributed by atoms with van der Waals surface area (Å²) >= 11 is 0. The van der Waals surface area contributed by atoms with E-state index in [1.54, 1.807) is 23.0 Å². The van der Waals surface area contributed by atoms with Crippen molar-refractivity contribution >= 4 is 11.7 Å². The predicted molar refractivity (Wildman–Crippen MR) is 122 cm³/mol. The Morgan fingerprint density at radius 1 is 1.13 bits per heavy atom. The maximum Gasteiger partial charge on any atom is 0.257 e. The molecule has 7 nitrogen and oxygen atoms in total.